The second-order valence-corrected chi connectivity index (χ2v) is 4.86. The lowest BCUT2D eigenvalue weighted by molar-refractivity contribution is 0.0698. The molecule has 0 aliphatic rings. The Morgan fingerprint density at radius 1 is 1.47 bits per heavy atom. The summed E-state index contributed by atoms with van der Waals surface area (Å²) < 4.78 is 13.5. The van der Waals surface area contributed by atoms with Gasteiger partial charge in [0.1, 0.15) is 5.82 Å². The van der Waals surface area contributed by atoms with E-state index in [4.69, 9.17) is 16.7 Å². The van der Waals surface area contributed by atoms with Crippen LogP contribution >= 0.6 is 27.5 Å². The number of aromatic nitrogens is 1. The van der Waals surface area contributed by atoms with Gasteiger partial charge in [0.15, 0.2) is 0 Å². The molecular formula is C12H7BrClFN2O2. The fourth-order valence-corrected chi connectivity index (χ4v) is 2.38. The molecule has 2 N–H and O–H groups in total. The number of rotatable bonds is 3. The predicted octanol–water partition coefficient (Wildman–Crippen LogP) is 4.08. The maximum atomic E-state index is 13.1. The van der Waals surface area contributed by atoms with E-state index in [9.17, 15) is 9.18 Å². The summed E-state index contributed by atoms with van der Waals surface area (Å²) in [6.07, 6.45) is 2.73. The number of pyridine rings is 1. The Hall–Kier alpha value is -1.66. The van der Waals surface area contributed by atoms with Gasteiger partial charge in [-0.1, -0.05) is 11.6 Å². The van der Waals surface area contributed by atoms with E-state index < -0.39 is 11.8 Å². The summed E-state index contributed by atoms with van der Waals surface area (Å²) in [6.45, 7) is 0. The Balaban J connectivity index is 2.45. The largest absolute Gasteiger partial charge is 0.478 e. The molecule has 0 bridgehead atoms. The number of carbonyl (C=O) groups is 1. The lowest BCUT2D eigenvalue weighted by Crippen LogP contribution is -2.04. The van der Waals surface area contributed by atoms with Crippen LogP contribution in [0.25, 0.3) is 0 Å². The van der Waals surface area contributed by atoms with Crippen molar-refractivity contribution >= 4 is 44.9 Å². The van der Waals surface area contributed by atoms with E-state index in [0.29, 0.717) is 10.2 Å². The van der Waals surface area contributed by atoms with Crippen LogP contribution in [0.3, 0.4) is 0 Å². The van der Waals surface area contributed by atoms with E-state index in [1.807, 2.05) is 0 Å². The summed E-state index contributed by atoms with van der Waals surface area (Å²) in [5, 5.41) is 12.0. The fraction of sp³-hybridized carbons (Fsp3) is 0. The van der Waals surface area contributed by atoms with Gasteiger partial charge in [-0.25, -0.2) is 9.18 Å². The highest BCUT2D eigenvalue weighted by Gasteiger charge is 2.13. The maximum Gasteiger partial charge on any atom is 0.337 e. The van der Waals surface area contributed by atoms with Crippen molar-refractivity contribution in [2.24, 2.45) is 0 Å². The molecule has 2 rings (SSSR count). The summed E-state index contributed by atoms with van der Waals surface area (Å²) >= 11 is 9.08. The van der Waals surface area contributed by atoms with Gasteiger partial charge in [-0.2, -0.15) is 0 Å². The van der Waals surface area contributed by atoms with Crippen LogP contribution in [-0.2, 0) is 0 Å². The second-order valence-electron chi connectivity index (χ2n) is 3.60. The van der Waals surface area contributed by atoms with Crippen molar-refractivity contribution in [3.63, 3.8) is 0 Å². The van der Waals surface area contributed by atoms with Gasteiger partial charge < -0.3 is 10.4 Å². The van der Waals surface area contributed by atoms with Crippen molar-refractivity contribution in [2.45, 2.75) is 0 Å². The van der Waals surface area contributed by atoms with Gasteiger partial charge in [0, 0.05) is 10.7 Å². The second kappa shape index (κ2) is 5.54. The molecule has 7 heteroatoms. The predicted molar refractivity (Wildman–Crippen MR) is 73.6 cm³/mol. The van der Waals surface area contributed by atoms with E-state index in [1.165, 1.54) is 24.5 Å². The third-order valence-corrected chi connectivity index (χ3v) is 3.24. The molecule has 0 atom stereocenters. The Kier molecular flexibility index (Phi) is 4.01. The molecule has 0 unspecified atom stereocenters. The minimum Gasteiger partial charge on any atom is -0.478 e. The first-order chi connectivity index (χ1) is 8.99. The van der Waals surface area contributed by atoms with Crippen molar-refractivity contribution in [2.75, 3.05) is 5.32 Å². The Bertz CT molecular complexity index is 628. The zero-order valence-electron chi connectivity index (χ0n) is 9.32. The lowest BCUT2D eigenvalue weighted by Gasteiger charge is -2.12. The topological polar surface area (TPSA) is 62.2 Å². The number of hydrogen-bond donors (Lipinski definition) is 2. The number of nitrogens with one attached hydrogen (secondary N) is 1. The molecule has 1 aromatic carbocycles. The van der Waals surface area contributed by atoms with E-state index in [-0.39, 0.29) is 16.3 Å². The number of anilines is 2. The van der Waals surface area contributed by atoms with Gasteiger partial charge >= 0.3 is 5.97 Å². The highest BCUT2D eigenvalue weighted by atomic mass is 79.9. The molecule has 0 aliphatic carbocycles. The molecule has 2 aromatic rings. The molecule has 98 valence electrons. The third kappa shape index (κ3) is 3.02. The molecule has 0 amide bonds. The van der Waals surface area contributed by atoms with Gasteiger partial charge in [-0.05, 0) is 34.1 Å². The summed E-state index contributed by atoms with van der Waals surface area (Å²) in [5.74, 6) is -1.59. The van der Waals surface area contributed by atoms with Crippen LogP contribution < -0.4 is 5.32 Å². The molecule has 19 heavy (non-hydrogen) atoms. The van der Waals surface area contributed by atoms with E-state index in [2.05, 4.69) is 26.2 Å². The molecule has 0 saturated heterocycles. The van der Waals surface area contributed by atoms with E-state index >= 15 is 0 Å². The zero-order valence-corrected chi connectivity index (χ0v) is 11.7. The fourth-order valence-electron chi connectivity index (χ4n) is 1.48. The van der Waals surface area contributed by atoms with Gasteiger partial charge in [0.2, 0.25) is 0 Å². The Labute approximate surface area is 121 Å². The number of aromatic carboxylic acids is 1. The van der Waals surface area contributed by atoms with Gasteiger partial charge in [-0.15, -0.1) is 0 Å². The van der Waals surface area contributed by atoms with Gasteiger partial charge in [-0.3, -0.25) is 4.98 Å². The van der Waals surface area contributed by atoms with Crippen molar-refractivity contribution in [3.8, 4) is 0 Å². The third-order valence-electron chi connectivity index (χ3n) is 2.32. The molecule has 0 radical (unpaired) electrons. The Morgan fingerprint density at radius 3 is 2.84 bits per heavy atom. The van der Waals surface area contributed by atoms with E-state index in [0.717, 1.165) is 6.07 Å². The SMILES string of the molecule is O=C(O)c1ccncc1Nc1c(Cl)cc(F)cc1Br. The first-order valence-corrected chi connectivity index (χ1v) is 6.25. The van der Waals surface area contributed by atoms with Crippen LogP contribution in [0.4, 0.5) is 15.8 Å². The standard InChI is InChI=1S/C12H7BrClFN2O2/c13-8-3-6(15)4-9(14)11(8)17-10-5-16-2-1-7(10)12(18)19/h1-5,17H,(H,18,19). The zero-order chi connectivity index (χ0) is 14.0. The molecule has 4 nitrogen and oxygen atoms in total. The van der Waals surface area contributed by atoms with Crippen LogP contribution in [0.1, 0.15) is 10.4 Å². The molecule has 1 aromatic heterocycles. The smallest absolute Gasteiger partial charge is 0.337 e. The lowest BCUT2D eigenvalue weighted by atomic mass is 10.2. The Morgan fingerprint density at radius 2 is 2.21 bits per heavy atom. The maximum absolute atomic E-state index is 13.1. The van der Waals surface area contributed by atoms with Crippen LogP contribution in [0.2, 0.25) is 5.02 Å². The van der Waals surface area contributed by atoms with Crippen LogP contribution in [-0.4, -0.2) is 16.1 Å². The molecule has 0 fully saturated rings. The normalized spacial score (nSPS) is 10.3. The number of hydrogen-bond acceptors (Lipinski definition) is 3. The number of nitrogens with zero attached hydrogens (tertiary/aromatic N) is 1. The minimum atomic E-state index is -1.10. The molecule has 1 heterocycles. The number of halogens is 3. The summed E-state index contributed by atoms with van der Waals surface area (Å²) in [7, 11) is 0. The number of carboxylic acid groups (broad SMARTS) is 1. The molecule has 0 aliphatic heterocycles. The molecule has 0 spiro atoms. The van der Waals surface area contributed by atoms with Crippen LogP contribution in [0, 0.1) is 5.82 Å². The quantitative estimate of drug-likeness (QED) is 0.880. The summed E-state index contributed by atoms with van der Waals surface area (Å²) in [4.78, 5) is 14.9. The summed E-state index contributed by atoms with van der Waals surface area (Å²) in [6, 6.07) is 3.71. The van der Waals surface area contributed by atoms with Crippen molar-refractivity contribution in [3.05, 3.63) is 51.5 Å². The van der Waals surface area contributed by atoms with Crippen LogP contribution in [0.15, 0.2) is 35.1 Å². The van der Waals surface area contributed by atoms with Crippen molar-refractivity contribution < 1.29 is 14.3 Å². The highest BCUT2D eigenvalue weighted by Crippen LogP contribution is 2.34. The highest BCUT2D eigenvalue weighted by molar-refractivity contribution is 9.10. The minimum absolute atomic E-state index is 0.0438. The average molecular weight is 346 g/mol. The monoisotopic (exact) mass is 344 g/mol. The summed E-state index contributed by atoms with van der Waals surface area (Å²) in [5.41, 5.74) is 0.685. The van der Waals surface area contributed by atoms with Crippen molar-refractivity contribution in [1.82, 2.24) is 4.98 Å². The van der Waals surface area contributed by atoms with E-state index in [1.54, 1.807) is 0 Å². The first-order valence-electron chi connectivity index (χ1n) is 5.08. The number of benzene rings is 1. The van der Waals surface area contributed by atoms with Gasteiger partial charge in [0.05, 0.1) is 28.2 Å². The first kappa shape index (κ1) is 13.8. The van der Waals surface area contributed by atoms with Crippen molar-refractivity contribution in [1.29, 1.82) is 0 Å². The van der Waals surface area contributed by atoms with Crippen LogP contribution in [0.5, 0.6) is 0 Å². The average Bonchev–Trinajstić information content (AvgIpc) is 2.34. The molecule has 0 saturated carbocycles. The number of carboxylic acids is 1. The molecular weight excluding hydrogens is 338 g/mol. The van der Waals surface area contributed by atoms with Gasteiger partial charge in [0.25, 0.3) is 0 Å².